The molecule has 3 rings (SSSR count). The zero-order valence-electron chi connectivity index (χ0n) is 16.5. The van der Waals surface area contributed by atoms with Crippen LogP contribution in [0.2, 0.25) is 0 Å². The molecule has 2 aromatic rings. The lowest BCUT2D eigenvalue weighted by molar-refractivity contribution is 0.102. The molecule has 1 N–H and O–H groups in total. The SMILES string of the molecule is Cc1cc(C)cc(C(=O)Nc2cc(C(C)(C)C)nn2[C@H]2CCS(=O)(=O)C2)c1. The minimum atomic E-state index is -3.05. The van der Waals surface area contributed by atoms with E-state index in [1.807, 2.05) is 58.9 Å². The maximum atomic E-state index is 12.8. The monoisotopic (exact) mass is 389 g/mol. The van der Waals surface area contributed by atoms with Crippen LogP contribution >= 0.6 is 0 Å². The Hall–Kier alpha value is -2.15. The van der Waals surface area contributed by atoms with Crippen LogP contribution in [0.3, 0.4) is 0 Å². The number of carbonyl (C=O) groups is 1. The molecule has 7 heteroatoms. The van der Waals surface area contributed by atoms with Gasteiger partial charge in [-0.1, -0.05) is 38.0 Å². The third-order valence-electron chi connectivity index (χ3n) is 4.78. The second-order valence-electron chi connectivity index (χ2n) is 8.50. The molecule has 0 spiro atoms. The van der Waals surface area contributed by atoms with Crippen LogP contribution in [0.5, 0.6) is 0 Å². The summed E-state index contributed by atoms with van der Waals surface area (Å²) in [4.78, 5) is 12.8. The number of nitrogens with one attached hydrogen (secondary N) is 1. The minimum Gasteiger partial charge on any atom is -0.307 e. The molecule has 2 heterocycles. The first-order chi connectivity index (χ1) is 12.4. The van der Waals surface area contributed by atoms with Crippen LogP contribution in [-0.4, -0.2) is 35.6 Å². The van der Waals surface area contributed by atoms with E-state index < -0.39 is 9.84 Å². The Labute approximate surface area is 160 Å². The third kappa shape index (κ3) is 4.40. The molecule has 1 aromatic carbocycles. The Morgan fingerprint density at radius 3 is 2.30 bits per heavy atom. The van der Waals surface area contributed by atoms with Crippen LogP contribution in [0.1, 0.15) is 60.4 Å². The van der Waals surface area contributed by atoms with E-state index in [1.165, 1.54) is 0 Å². The summed E-state index contributed by atoms with van der Waals surface area (Å²) < 4.78 is 25.5. The number of hydrogen-bond donors (Lipinski definition) is 1. The fourth-order valence-electron chi connectivity index (χ4n) is 3.40. The van der Waals surface area contributed by atoms with Crippen molar-refractivity contribution in [2.45, 2.75) is 52.5 Å². The Kier molecular flexibility index (Phi) is 4.93. The van der Waals surface area contributed by atoms with Gasteiger partial charge in [0.1, 0.15) is 5.82 Å². The van der Waals surface area contributed by atoms with Crippen molar-refractivity contribution in [3.05, 3.63) is 46.6 Å². The van der Waals surface area contributed by atoms with Gasteiger partial charge in [-0.2, -0.15) is 5.10 Å². The number of hydrogen-bond acceptors (Lipinski definition) is 4. The highest BCUT2D eigenvalue weighted by Gasteiger charge is 2.33. The molecule has 0 unspecified atom stereocenters. The first-order valence-electron chi connectivity index (χ1n) is 9.15. The van der Waals surface area contributed by atoms with Gasteiger partial charge < -0.3 is 5.32 Å². The molecule has 0 radical (unpaired) electrons. The second-order valence-corrected chi connectivity index (χ2v) is 10.7. The minimum absolute atomic E-state index is 0.0602. The lowest BCUT2D eigenvalue weighted by atomic mass is 9.92. The maximum absolute atomic E-state index is 12.8. The van der Waals surface area contributed by atoms with E-state index in [0.717, 1.165) is 16.8 Å². The highest BCUT2D eigenvalue weighted by Crippen LogP contribution is 2.31. The number of amides is 1. The summed E-state index contributed by atoms with van der Waals surface area (Å²) in [6.45, 7) is 10.0. The van der Waals surface area contributed by atoms with Crippen molar-refractivity contribution in [1.82, 2.24) is 9.78 Å². The van der Waals surface area contributed by atoms with Crippen LogP contribution < -0.4 is 5.32 Å². The zero-order valence-corrected chi connectivity index (χ0v) is 17.4. The Morgan fingerprint density at radius 1 is 1.15 bits per heavy atom. The molecule has 1 aliphatic rings. The van der Waals surface area contributed by atoms with Gasteiger partial charge in [-0.05, 0) is 32.4 Å². The standard InChI is InChI=1S/C20H27N3O3S/c1-13-8-14(2)10-15(9-13)19(24)21-18-11-17(20(3,4)5)22-23(18)16-6-7-27(25,26)12-16/h8-11,16H,6-7,12H2,1-5H3,(H,21,24)/t16-/m0/s1. The number of nitrogens with zero attached hydrogens (tertiary/aromatic N) is 2. The van der Waals surface area contributed by atoms with Gasteiger partial charge in [-0.25, -0.2) is 13.1 Å². The van der Waals surface area contributed by atoms with Crippen molar-refractivity contribution in [3.8, 4) is 0 Å². The Bertz CT molecular complexity index is 964. The van der Waals surface area contributed by atoms with Crippen molar-refractivity contribution in [2.24, 2.45) is 0 Å². The van der Waals surface area contributed by atoms with E-state index in [0.29, 0.717) is 17.8 Å². The van der Waals surface area contributed by atoms with Crippen molar-refractivity contribution in [3.63, 3.8) is 0 Å². The summed E-state index contributed by atoms with van der Waals surface area (Å²) in [5.74, 6) is 0.549. The van der Waals surface area contributed by atoms with Crippen LogP contribution in [0, 0.1) is 13.8 Å². The Morgan fingerprint density at radius 2 is 1.78 bits per heavy atom. The second kappa shape index (κ2) is 6.78. The molecule has 0 aliphatic carbocycles. The Balaban J connectivity index is 1.96. The summed E-state index contributed by atoms with van der Waals surface area (Å²) in [5.41, 5.74) is 3.23. The molecular formula is C20H27N3O3S. The number of sulfone groups is 1. The normalized spacial score (nSPS) is 19.2. The van der Waals surface area contributed by atoms with E-state index >= 15 is 0 Å². The number of carbonyl (C=O) groups excluding carboxylic acids is 1. The summed E-state index contributed by atoms with van der Waals surface area (Å²) in [5, 5.41) is 7.59. The zero-order chi connectivity index (χ0) is 20.0. The van der Waals surface area contributed by atoms with E-state index in [1.54, 1.807) is 4.68 Å². The van der Waals surface area contributed by atoms with Crippen LogP contribution in [0.4, 0.5) is 5.82 Å². The van der Waals surface area contributed by atoms with Crippen molar-refractivity contribution in [2.75, 3.05) is 16.8 Å². The molecular weight excluding hydrogens is 362 g/mol. The predicted octanol–water partition coefficient (Wildman–Crippen LogP) is 3.41. The molecule has 1 fully saturated rings. The van der Waals surface area contributed by atoms with E-state index in [2.05, 4.69) is 10.4 Å². The summed E-state index contributed by atoms with van der Waals surface area (Å²) in [7, 11) is -3.05. The molecule has 1 aliphatic heterocycles. The highest BCUT2D eigenvalue weighted by molar-refractivity contribution is 7.91. The molecule has 0 saturated carbocycles. The van der Waals surface area contributed by atoms with Gasteiger partial charge >= 0.3 is 0 Å². The van der Waals surface area contributed by atoms with Crippen molar-refractivity contribution in [1.29, 1.82) is 0 Å². The van der Waals surface area contributed by atoms with Crippen molar-refractivity contribution >= 4 is 21.6 Å². The molecule has 27 heavy (non-hydrogen) atoms. The number of benzene rings is 1. The van der Waals surface area contributed by atoms with Gasteiger partial charge in [0.2, 0.25) is 0 Å². The van der Waals surface area contributed by atoms with Crippen molar-refractivity contribution < 1.29 is 13.2 Å². The average Bonchev–Trinajstić information content (AvgIpc) is 3.09. The molecule has 146 valence electrons. The molecule has 1 amide bonds. The fraction of sp³-hybridized carbons (Fsp3) is 0.500. The quantitative estimate of drug-likeness (QED) is 0.872. The summed E-state index contributed by atoms with van der Waals surface area (Å²) >= 11 is 0. The first-order valence-corrected chi connectivity index (χ1v) is 11.0. The largest absolute Gasteiger partial charge is 0.307 e. The highest BCUT2D eigenvalue weighted by atomic mass is 32.2. The third-order valence-corrected chi connectivity index (χ3v) is 6.53. The number of rotatable bonds is 3. The molecule has 6 nitrogen and oxygen atoms in total. The maximum Gasteiger partial charge on any atom is 0.256 e. The fourth-order valence-corrected chi connectivity index (χ4v) is 5.09. The molecule has 1 saturated heterocycles. The number of aryl methyl sites for hydroxylation is 2. The molecule has 1 aromatic heterocycles. The van der Waals surface area contributed by atoms with Gasteiger partial charge in [-0.3, -0.25) is 4.79 Å². The van der Waals surface area contributed by atoms with Gasteiger partial charge in [0.15, 0.2) is 9.84 Å². The van der Waals surface area contributed by atoms with Crippen LogP contribution in [-0.2, 0) is 15.3 Å². The van der Waals surface area contributed by atoms with E-state index in [-0.39, 0.29) is 28.9 Å². The average molecular weight is 390 g/mol. The van der Waals surface area contributed by atoms with Gasteiger partial charge in [0, 0.05) is 17.0 Å². The van der Waals surface area contributed by atoms with Gasteiger partial charge in [0.05, 0.1) is 23.2 Å². The smallest absolute Gasteiger partial charge is 0.256 e. The molecule has 0 bridgehead atoms. The first kappa shape index (κ1) is 19.6. The van der Waals surface area contributed by atoms with Crippen LogP contribution in [0.25, 0.3) is 0 Å². The van der Waals surface area contributed by atoms with Gasteiger partial charge in [-0.15, -0.1) is 0 Å². The van der Waals surface area contributed by atoms with Crippen LogP contribution in [0.15, 0.2) is 24.3 Å². The topological polar surface area (TPSA) is 81.1 Å². The number of anilines is 1. The van der Waals surface area contributed by atoms with E-state index in [4.69, 9.17) is 0 Å². The van der Waals surface area contributed by atoms with E-state index in [9.17, 15) is 13.2 Å². The molecule has 1 atom stereocenters. The van der Waals surface area contributed by atoms with Gasteiger partial charge in [0.25, 0.3) is 5.91 Å². The lowest BCUT2D eigenvalue weighted by Crippen LogP contribution is -2.20. The number of aromatic nitrogens is 2. The summed E-state index contributed by atoms with van der Waals surface area (Å²) in [6.07, 6.45) is 0.514. The lowest BCUT2D eigenvalue weighted by Gasteiger charge is -2.15. The summed E-state index contributed by atoms with van der Waals surface area (Å²) in [6, 6.07) is 7.30. The predicted molar refractivity (Wildman–Crippen MR) is 107 cm³/mol.